The van der Waals surface area contributed by atoms with Gasteiger partial charge < -0.3 is 10.2 Å². The first kappa shape index (κ1) is 12.9. The Morgan fingerprint density at radius 1 is 1.25 bits per heavy atom. The number of hydrogen-bond donors (Lipinski definition) is 1. The Morgan fingerprint density at radius 2 is 2.00 bits per heavy atom. The summed E-state index contributed by atoms with van der Waals surface area (Å²) in [6.45, 7) is 5.94. The summed E-state index contributed by atoms with van der Waals surface area (Å²) in [5, 5.41) is 4.40. The van der Waals surface area contributed by atoms with E-state index in [-0.39, 0.29) is 6.04 Å². The zero-order chi connectivity index (χ0) is 14.4. The Labute approximate surface area is 117 Å². The van der Waals surface area contributed by atoms with Gasteiger partial charge in [0, 0.05) is 30.1 Å². The molecule has 1 unspecified atom stereocenters. The number of rotatable bonds is 2. The molecule has 0 saturated heterocycles. The molecule has 0 aliphatic rings. The molecule has 3 rings (SSSR count). The van der Waals surface area contributed by atoms with Crippen LogP contribution in [0.1, 0.15) is 34.4 Å². The van der Waals surface area contributed by atoms with Crippen LogP contribution in [0.15, 0.2) is 22.6 Å². The average molecular weight is 270 g/mol. The lowest BCUT2D eigenvalue weighted by atomic mass is 10.0. The molecule has 3 heterocycles. The fraction of sp³-hybridized carbons (Fsp3) is 0.333. The summed E-state index contributed by atoms with van der Waals surface area (Å²) in [6.07, 6.45) is 0. The van der Waals surface area contributed by atoms with Crippen LogP contribution in [0, 0.1) is 20.8 Å². The summed E-state index contributed by atoms with van der Waals surface area (Å²) in [4.78, 5) is 4.45. The zero-order valence-electron chi connectivity index (χ0n) is 12.1. The lowest BCUT2D eigenvalue weighted by molar-refractivity contribution is 0.523. The Bertz CT molecular complexity index is 785. The van der Waals surface area contributed by atoms with E-state index in [0.717, 1.165) is 39.5 Å². The fourth-order valence-electron chi connectivity index (χ4n) is 2.58. The van der Waals surface area contributed by atoms with Gasteiger partial charge in [-0.1, -0.05) is 0 Å². The van der Waals surface area contributed by atoms with Crippen LogP contribution >= 0.6 is 0 Å². The fourth-order valence-corrected chi connectivity index (χ4v) is 2.58. The van der Waals surface area contributed by atoms with Gasteiger partial charge in [0.1, 0.15) is 11.3 Å². The van der Waals surface area contributed by atoms with E-state index in [1.54, 1.807) is 0 Å². The Kier molecular flexibility index (Phi) is 2.87. The maximum absolute atomic E-state index is 6.36. The molecule has 0 fully saturated rings. The third-order valence-corrected chi connectivity index (χ3v) is 3.71. The van der Waals surface area contributed by atoms with Crippen molar-refractivity contribution < 1.29 is 4.42 Å². The van der Waals surface area contributed by atoms with Crippen molar-refractivity contribution in [2.45, 2.75) is 26.8 Å². The molecule has 3 aromatic rings. The van der Waals surface area contributed by atoms with Gasteiger partial charge >= 0.3 is 0 Å². The zero-order valence-corrected chi connectivity index (χ0v) is 12.1. The molecule has 20 heavy (non-hydrogen) atoms. The van der Waals surface area contributed by atoms with Crippen molar-refractivity contribution in [1.29, 1.82) is 0 Å². The monoisotopic (exact) mass is 270 g/mol. The van der Waals surface area contributed by atoms with Crippen molar-refractivity contribution in [3.63, 3.8) is 0 Å². The van der Waals surface area contributed by atoms with Gasteiger partial charge in [0.2, 0.25) is 0 Å². The number of fused-ring (bicyclic) bond motifs is 1. The second-order valence-electron chi connectivity index (χ2n) is 5.17. The first-order chi connectivity index (χ1) is 9.47. The second kappa shape index (κ2) is 4.45. The predicted molar refractivity (Wildman–Crippen MR) is 77.5 cm³/mol. The number of pyridine rings is 1. The van der Waals surface area contributed by atoms with Crippen LogP contribution in [0.25, 0.3) is 11.1 Å². The lowest BCUT2D eigenvalue weighted by Gasteiger charge is -2.09. The normalized spacial score (nSPS) is 13.1. The number of nitrogens with two attached hydrogens (primary N) is 1. The van der Waals surface area contributed by atoms with Crippen molar-refractivity contribution in [2.24, 2.45) is 12.8 Å². The summed E-state index contributed by atoms with van der Waals surface area (Å²) in [5.41, 5.74) is 11.9. The first-order valence-corrected chi connectivity index (χ1v) is 6.60. The molecule has 0 saturated carbocycles. The highest BCUT2D eigenvalue weighted by Gasteiger charge is 2.21. The van der Waals surface area contributed by atoms with Gasteiger partial charge in [-0.3, -0.25) is 4.68 Å². The van der Waals surface area contributed by atoms with Gasteiger partial charge in [0.25, 0.3) is 0 Å². The van der Waals surface area contributed by atoms with E-state index < -0.39 is 0 Å². The van der Waals surface area contributed by atoms with Gasteiger partial charge in [-0.05, 0) is 32.9 Å². The van der Waals surface area contributed by atoms with Crippen LogP contribution in [-0.4, -0.2) is 14.8 Å². The predicted octanol–water partition coefficient (Wildman–Crippen LogP) is 2.53. The highest BCUT2D eigenvalue weighted by Crippen LogP contribution is 2.29. The largest absolute Gasteiger partial charge is 0.457 e. The molecule has 0 bridgehead atoms. The molecule has 0 radical (unpaired) electrons. The van der Waals surface area contributed by atoms with Crippen molar-refractivity contribution in [3.8, 4) is 0 Å². The van der Waals surface area contributed by atoms with E-state index in [2.05, 4.69) is 10.1 Å². The van der Waals surface area contributed by atoms with Crippen LogP contribution in [-0.2, 0) is 7.05 Å². The Hall–Kier alpha value is -2.14. The molecule has 5 nitrogen and oxygen atoms in total. The third-order valence-electron chi connectivity index (χ3n) is 3.71. The van der Waals surface area contributed by atoms with E-state index in [9.17, 15) is 0 Å². The smallest absolute Gasteiger partial charge is 0.152 e. The summed E-state index contributed by atoms with van der Waals surface area (Å²) < 4.78 is 7.68. The SMILES string of the molecule is Cc1ccc2oc(C(N)c3c(C)nn(C)c3C)cc2n1. The minimum atomic E-state index is -0.321. The molecule has 0 amide bonds. The van der Waals surface area contributed by atoms with Gasteiger partial charge in [-0.2, -0.15) is 5.10 Å². The summed E-state index contributed by atoms with van der Waals surface area (Å²) in [7, 11) is 1.92. The number of hydrogen-bond acceptors (Lipinski definition) is 4. The molecule has 104 valence electrons. The Morgan fingerprint density at radius 3 is 2.65 bits per heavy atom. The highest BCUT2D eigenvalue weighted by molar-refractivity contribution is 5.73. The van der Waals surface area contributed by atoms with Gasteiger partial charge in [-0.15, -0.1) is 0 Å². The van der Waals surface area contributed by atoms with E-state index in [1.165, 1.54) is 0 Å². The molecule has 1 atom stereocenters. The maximum Gasteiger partial charge on any atom is 0.152 e. The Balaban J connectivity index is 2.10. The average Bonchev–Trinajstić information content (AvgIpc) is 2.91. The van der Waals surface area contributed by atoms with Gasteiger partial charge in [0.05, 0.1) is 11.7 Å². The van der Waals surface area contributed by atoms with Crippen LogP contribution in [0.3, 0.4) is 0 Å². The van der Waals surface area contributed by atoms with E-state index >= 15 is 0 Å². The van der Waals surface area contributed by atoms with Crippen molar-refractivity contribution in [1.82, 2.24) is 14.8 Å². The minimum Gasteiger partial charge on any atom is -0.457 e. The molecule has 5 heteroatoms. The van der Waals surface area contributed by atoms with Gasteiger partial charge in [0.15, 0.2) is 5.58 Å². The van der Waals surface area contributed by atoms with Crippen LogP contribution < -0.4 is 5.73 Å². The summed E-state index contributed by atoms with van der Waals surface area (Å²) in [6, 6.07) is 5.45. The van der Waals surface area contributed by atoms with Crippen molar-refractivity contribution in [2.75, 3.05) is 0 Å². The third kappa shape index (κ3) is 1.91. The molecule has 0 aliphatic carbocycles. The quantitative estimate of drug-likeness (QED) is 0.777. The maximum atomic E-state index is 6.36. The van der Waals surface area contributed by atoms with Crippen LogP contribution in [0.4, 0.5) is 0 Å². The first-order valence-electron chi connectivity index (χ1n) is 6.60. The molecule has 2 N–H and O–H groups in total. The topological polar surface area (TPSA) is 69.9 Å². The molecule has 0 aliphatic heterocycles. The lowest BCUT2D eigenvalue weighted by Crippen LogP contribution is -2.13. The van der Waals surface area contributed by atoms with E-state index in [1.807, 2.05) is 50.7 Å². The van der Waals surface area contributed by atoms with E-state index in [4.69, 9.17) is 10.2 Å². The molecular weight excluding hydrogens is 252 g/mol. The van der Waals surface area contributed by atoms with Gasteiger partial charge in [-0.25, -0.2) is 4.98 Å². The highest BCUT2D eigenvalue weighted by atomic mass is 16.3. The molecule has 3 aromatic heterocycles. The number of aryl methyl sites for hydroxylation is 3. The van der Waals surface area contributed by atoms with Crippen molar-refractivity contribution >= 4 is 11.1 Å². The molecule has 0 aromatic carbocycles. The number of furan rings is 1. The summed E-state index contributed by atoms with van der Waals surface area (Å²) >= 11 is 0. The second-order valence-corrected chi connectivity index (χ2v) is 5.17. The van der Waals surface area contributed by atoms with Crippen LogP contribution in [0.2, 0.25) is 0 Å². The number of nitrogens with zero attached hydrogens (tertiary/aromatic N) is 3. The number of aromatic nitrogens is 3. The summed E-state index contributed by atoms with van der Waals surface area (Å²) in [5.74, 6) is 0.720. The molecule has 0 spiro atoms. The molecular formula is C15H18N4O. The van der Waals surface area contributed by atoms with Crippen LogP contribution in [0.5, 0.6) is 0 Å². The van der Waals surface area contributed by atoms with Crippen molar-refractivity contribution in [3.05, 3.63) is 46.6 Å². The minimum absolute atomic E-state index is 0.321. The standard InChI is InChI=1S/C15H18N4O/c1-8-5-6-12-11(17-8)7-13(20-12)15(16)14-9(2)18-19(4)10(14)3/h5-7,15H,16H2,1-4H3. The van der Waals surface area contributed by atoms with E-state index in [0.29, 0.717) is 0 Å².